The van der Waals surface area contributed by atoms with Gasteiger partial charge in [-0.25, -0.2) is 0 Å². The van der Waals surface area contributed by atoms with Gasteiger partial charge in [-0.3, -0.25) is 4.68 Å². The van der Waals surface area contributed by atoms with E-state index in [4.69, 9.17) is 0 Å². The third-order valence-corrected chi connectivity index (χ3v) is 5.73. The zero-order valence-corrected chi connectivity index (χ0v) is 15.3. The quantitative estimate of drug-likeness (QED) is 0.842. The van der Waals surface area contributed by atoms with E-state index in [-0.39, 0.29) is 0 Å². The Kier molecular flexibility index (Phi) is 5.18. The summed E-state index contributed by atoms with van der Waals surface area (Å²) in [6.07, 6.45) is 8.25. The van der Waals surface area contributed by atoms with Crippen LogP contribution in [0.1, 0.15) is 42.9 Å². The van der Waals surface area contributed by atoms with Crippen LogP contribution < -0.4 is 5.32 Å². The summed E-state index contributed by atoms with van der Waals surface area (Å²) in [7, 11) is 1.99. The van der Waals surface area contributed by atoms with Crippen molar-refractivity contribution in [3.63, 3.8) is 0 Å². The summed E-state index contributed by atoms with van der Waals surface area (Å²) in [5.41, 5.74) is 2.73. The Morgan fingerprint density at radius 1 is 1.12 bits per heavy atom. The Morgan fingerprint density at radius 3 is 2.64 bits per heavy atom. The molecule has 134 valence electrons. The molecular formula is C21H30N4. The van der Waals surface area contributed by atoms with Crippen molar-refractivity contribution in [2.45, 2.75) is 50.1 Å². The highest BCUT2D eigenvalue weighted by Crippen LogP contribution is 2.41. The van der Waals surface area contributed by atoms with Crippen molar-refractivity contribution >= 4 is 0 Å². The van der Waals surface area contributed by atoms with Crippen molar-refractivity contribution in [2.75, 3.05) is 19.6 Å². The van der Waals surface area contributed by atoms with Crippen LogP contribution in [-0.2, 0) is 13.5 Å². The van der Waals surface area contributed by atoms with Gasteiger partial charge < -0.3 is 10.2 Å². The number of rotatable bonds is 7. The maximum absolute atomic E-state index is 4.47. The number of aromatic nitrogens is 2. The normalized spacial score (nSPS) is 24.5. The first-order chi connectivity index (χ1) is 12.3. The van der Waals surface area contributed by atoms with Crippen molar-refractivity contribution in [3.8, 4) is 0 Å². The van der Waals surface area contributed by atoms with E-state index in [0.717, 1.165) is 12.3 Å². The van der Waals surface area contributed by atoms with Gasteiger partial charge in [0, 0.05) is 31.2 Å². The van der Waals surface area contributed by atoms with Crippen LogP contribution in [0.25, 0.3) is 0 Å². The molecule has 0 radical (unpaired) electrons. The molecule has 1 aromatic heterocycles. The Labute approximate surface area is 151 Å². The molecule has 4 rings (SSSR count). The highest BCUT2D eigenvalue weighted by atomic mass is 15.2. The summed E-state index contributed by atoms with van der Waals surface area (Å²) >= 11 is 0. The molecule has 2 aliphatic rings. The number of likely N-dealkylation sites (tertiary alicyclic amines) is 1. The molecule has 1 N–H and O–H groups in total. The van der Waals surface area contributed by atoms with E-state index in [0.29, 0.717) is 12.1 Å². The van der Waals surface area contributed by atoms with Crippen LogP contribution in [0.5, 0.6) is 0 Å². The fourth-order valence-corrected chi connectivity index (χ4v) is 4.15. The molecule has 2 aromatic rings. The molecule has 4 heteroatoms. The van der Waals surface area contributed by atoms with E-state index >= 15 is 0 Å². The van der Waals surface area contributed by atoms with Crippen LogP contribution in [0.15, 0.2) is 42.6 Å². The van der Waals surface area contributed by atoms with Gasteiger partial charge in [0.2, 0.25) is 0 Å². The Balaban J connectivity index is 1.13. The molecule has 0 spiro atoms. The van der Waals surface area contributed by atoms with E-state index in [1.54, 1.807) is 0 Å². The minimum atomic E-state index is 0.711. The number of piperidine rings is 1. The zero-order chi connectivity index (χ0) is 17.1. The number of hydrogen-bond donors (Lipinski definition) is 1. The highest BCUT2D eigenvalue weighted by Gasteiger charge is 2.39. The third kappa shape index (κ3) is 4.50. The van der Waals surface area contributed by atoms with E-state index in [1.165, 1.54) is 56.6 Å². The predicted molar refractivity (Wildman–Crippen MR) is 102 cm³/mol. The molecule has 1 aliphatic heterocycles. The number of hydrogen-bond acceptors (Lipinski definition) is 3. The standard InChI is InChI=1S/C21H30N4/c1-24-13-9-19(23-24)8-5-12-25-14-10-18(11-15-25)22-21-16-20(21)17-6-3-2-4-7-17/h2-4,6-7,9,13,18,20-22H,5,8,10-12,14-16H2,1H3/t20-,21+/m0/s1. The first-order valence-electron chi connectivity index (χ1n) is 9.80. The second-order valence-corrected chi connectivity index (χ2v) is 7.73. The Morgan fingerprint density at radius 2 is 1.92 bits per heavy atom. The first kappa shape index (κ1) is 16.8. The summed E-state index contributed by atoms with van der Waals surface area (Å²) in [6.45, 7) is 3.69. The van der Waals surface area contributed by atoms with Gasteiger partial charge in [0.15, 0.2) is 0 Å². The molecule has 1 saturated carbocycles. The third-order valence-electron chi connectivity index (χ3n) is 5.73. The molecule has 2 heterocycles. The highest BCUT2D eigenvalue weighted by molar-refractivity contribution is 5.27. The average Bonchev–Trinajstić information content (AvgIpc) is 3.29. The molecule has 25 heavy (non-hydrogen) atoms. The monoisotopic (exact) mass is 338 g/mol. The molecule has 0 unspecified atom stereocenters. The summed E-state index contributed by atoms with van der Waals surface area (Å²) in [6, 6.07) is 14.5. The molecule has 2 fully saturated rings. The number of nitrogens with zero attached hydrogens (tertiary/aromatic N) is 3. The van der Waals surface area contributed by atoms with E-state index in [9.17, 15) is 0 Å². The molecule has 1 aliphatic carbocycles. The Hall–Kier alpha value is -1.65. The first-order valence-corrected chi connectivity index (χ1v) is 9.80. The van der Waals surface area contributed by atoms with Crippen LogP contribution in [0, 0.1) is 0 Å². The number of aryl methyl sites for hydroxylation is 2. The zero-order valence-electron chi connectivity index (χ0n) is 15.3. The minimum absolute atomic E-state index is 0.711. The van der Waals surface area contributed by atoms with Gasteiger partial charge in [-0.15, -0.1) is 0 Å². The Bertz CT molecular complexity index is 658. The minimum Gasteiger partial charge on any atom is -0.311 e. The second kappa shape index (κ2) is 7.71. The molecule has 2 atom stereocenters. The molecule has 0 bridgehead atoms. The average molecular weight is 338 g/mol. The summed E-state index contributed by atoms with van der Waals surface area (Å²) < 4.78 is 1.90. The smallest absolute Gasteiger partial charge is 0.0624 e. The number of benzene rings is 1. The number of nitrogens with one attached hydrogen (secondary N) is 1. The topological polar surface area (TPSA) is 33.1 Å². The maximum atomic E-state index is 4.47. The van der Waals surface area contributed by atoms with E-state index in [2.05, 4.69) is 51.7 Å². The van der Waals surface area contributed by atoms with Gasteiger partial charge in [0.25, 0.3) is 0 Å². The lowest BCUT2D eigenvalue weighted by Gasteiger charge is -2.32. The summed E-state index contributed by atoms with van der Waals surface area (Å²) in [5.74, 6) is 0.748. The fourth-order valence-electron chi connectivity index (χ4n) is 4.15. The van der Waals surface area contributed by atoms with Crippen LogP contribution in [0.2, 0.25) is 0 Å². The van der Waals surface area contributed by atoms with Crippen LogP contribution >= 0.6 is 0 Å². The lowest BCUT2D eigenvalue weighted by atomic mass is 10.0. The summed E-state index contributed by atoms with van der Waals surface area (Å²) in [4.78, 5) is 2.63. The van der Waals surface area contributed by atoms with Gasteiger partial charge in [-0.1, -0.05) is 30.3 Å². The van der Waals surface area contributed by atoms with Gasteiger partial charge in [0.05, 0.1) is 5.69 Å². The lowest BCUT2D eigenvalue weighted by molar-refractivity contribution is 0.195. The molecule has 4 nitrogen and oxygen atoms in total. The van der Waals surface area contributed by atoms with E-state index in [1.807, 2.05) is 17.9 Å². The second-order valence-electron chi connectivity index (χ2n) is 7.73. The maximum Gasteiger partial charge on any atom is 0.0624 e. The van der Waals surface area contributed by atoms with Gasteiger partial charge in [0.1, 0.15) is 0 Å². The van der Waals surface area contributed by atoms with Gasteiger partial charge in [-0.2, -0.15) is 5.10 Å². The van der Waals surface area contributed by atoms with Crippen molar-refractivity contribution < 1.29 is 0 Å². The summed E-state index contributed by atoms with van der Waals surface area (Å²) in [5, 5.41) is 8.37. The fraction of sp³-hybridized carbons (Fsp3) is 0.571. The van der Waals surface area contributed by atoms with Crippen molar-refractivity contribution in [3.05, 3.63) is 53.9 Å². The predicted octanol–water partition coefficient (Wildman–Crippen LogP) is 2.96. The van der Waals surface area contributed by atoms with Crippen molar-refractivity contribution in [2.24, 2.45) is 7.05 Å². The SMILES string of the molecule is Cn1ccc(CCCN2CCC(N[C@@H]3C[C@H]3c3ccccc3)CC2)n1. The van der Waals surface area contributed by atoms with Crippen LogP contribution in [0.4, 0.5) is 0 Å². The largest absolute Gasteiger partial charge is 0.311 e. The van der Waals surface area contributed by atoms with Gasteiger partial charge in [-0.05, 0) is 63.4 Å². The van der Waals surface area contributed by atoms with Crippen molar-refractivity contribution in [1.29, 1.82) is 0 Å². The molecule has 0 amide bonds. The van der Waals surface area contributed by atoms with Crippen LogP contribution in [-0.4, -0.2) is 46.4 Å². The van der Waals surface area contributed by atoms with Gasteiger partial charge >= 0.3 is 0 Å². The molecule has 1 saturated heterocycles. The molecule has 1 aromatic carbocycles. The van der Waals surface area contributed by atoms with Crippen molar-refractivity contribution in [1.82, 2.24) is 20.0 Å². The van der Waals surface area contributed by atoms with Crippen LogP contribution in [0.3, 0.4) is 0 Å². The lowest BCUT2D eigenvalue weighted by Crippen LogP contribution is -2.43. The molecular weight excluding hydrogens is 308 g/mol. The van der Waals surface area contributed by atoms with E-state index < -0.39 is 0 Å².